The van der Waals surface area contributed by atoms with Crippen molar-refractivity contribution in [3.05, 3.63) is 95.6 Å². The van der Waals surface area contributed by atoms with Crippen LogP contribution in [0.5, 0.6) is 11.5 Å². The Kier molecular flexibility index (Phi) is 11.5. The molecule has 10 heteroatoms. The van der Waals surface area contributed by atoms with Gasteiger partial charge >= 0.3 is 12.1 Å². The average Bonchev–Trinajstić information content (AvgIpc) is 3.02. The van der Waals surface area contributed by atoms with E-state index in [-0.39, 0.29) is 12.0 Å². The maximum Gasteiger partial charge on any atom is 0.490 e. The molecule has 0 atom stereocenters. The number of hydrogen-bond donors (Lipinski definition) is 1. The lowest BCUT2D eigenvalue weighted by atomic mass is 9.71. The number of halogens is 3. The van der Waals surface area contributed by atoms with Crippen LogP contribution in [-0.2, 0) is 17.9 Å². The van der Waals surface area contributed by atoms with Gasteiger partial charge < -0.3 is 19.5 Å². The van der Waals surface area contributed by atoms with Crippen molar-refractivity contribution in [2.45, 2.75) is 65.0 Å². The molecular formula is C35H41F3N2O5. The third-order valence-corrected chi connectivity index (χ3v) is 8.35. The first kappa shape index (κ1) is 33.8. The number of rotatable bonds is 8. The molecule has 0 aromatic heterocycles. The summed E-state index contributed by atoms with van der Waals surface area (Å²) in [5.74, 6) is -0.827. The third-order valence-electron chi connectivity index (χ3n) is 8.35. The van der Waals surface area contributed by atoms with Gasteiger partial charge in [0.1, 0.15) is 18.1 Å². The maximum absolute atomic E-state index is 13.1. The maximum atomic E-state index is 13.1. The van der Waals surface area contributed by atoms with Crippen molar-refractivity contribution in [3.63, 3.8) is 0 Å². The van der Waals surface area contributed by atoms with Gasteiger partial charge in [0.05, 0.1) is 6.10 Å². The first-order valence-electron chi connectivity index (χ1n) is 15.3. The van der Waals surface area contributed by atoms with E-state index in [1.807, 2.05) is 49.1 Å². The lowest BCUT2D eigenvalue weighted by Crippen LogP contribution is -2.48. The van der Waals surface area contributed by atoms with Crippen LogP contribution in [0, 0.1) is 5.41 Å². The lowest BCUT2D eigenvalue weighted by molar-refractivity contribution is -0.192. The number of carboxylic acid groups (broad SMARTS) is 1. The molecule has 0 unspecified atom stereocenters. The summed E-state index contributed by atoms with van der Waals surface area (Å²) in [4.78, 5) is 26.6. The molecular weight excluding hydrogens is 585 g/mol. The minimum atomic E-state index is -5.08. The molecule has 1 amide bonds. The molecule has 0 aliphatic carbocycles. The fraction of sp³-hybridized carbons (Fsp3) is 0.429. The SMILES string of the molecule is CC(C)Oc1ccc(C(=O)N2CCC3(CCN(Cc4ccccc4OCc4ccccc4)CC3)CC2)cc1.O=C(O)C(F)(F)F. The van der Waals surface area contributed by atoms with E-state index in [0.717, 1.165) is 62.6 Å². The van der Waals surface area contributed by atoms with Crippen LogP contribution in [0.15, 0.2) is 78.9 Å². The molecule has 1 N–H and O–H groups in total. The number of alkyl halides is 3. The number of carboxylic acids is 1. The zero-order valence-corrected chi connectivity index (χ0v) is 25.8. The lowest BCUT2D eigenvalue weighted by Gasteiger charge is -2.47. The van der Waals surface area contributed by atoms with Crippen LogP contribution in [0.1, 0.15) is 61.0 Å². The fourth-order valence-electron chi connectivity index (χ4n) is 5.75. The summed E-state index contributed by atoms with van der Waals surface area (Å²) in [7, 11) is 0. The Morgan fingerprint density at radius 3 is 1.98 bits per heavy atom. The number of piperidine rings is 2. The highest BCUT2D eigenvalue weighted by atomic mass is 19.4. The molecule has 7 nitrogen and oxygen atoms in total. The van der Waals surface area contributed by atoms with Crippen molar-refractivity contribution in [2.24, 2.45) is 5.41 Å². The second-order valence-electron chi connectivity index (χ2n) is 11.9. The van der Waals surface area contributed by atoms with E-state index in [2.05, 4.69) is 53.4 Å². The molecule has 0 bridgehead atoms. The number of amides is 1. The molecule has 45 heavy (non-hydrogen) atoms. The molecule has 5 rings (SSSR count). The summed E-state index contributed by atoms with van der Waals surface area (Å²) >= 11 is 0. The predicted molar refractivity (Wildman–Crippen MR) is 165 cm³/mol. The molecule has 3 aromatic carbocycles. The standard InChI is InChI=1S/C33H40N2O3.C2HF3O2/c1-26(2)38-30-14-12-28(13-15-30)32(36)35-22-18-33(19-23-35)16-20-34(21-17-33)24-29-10-6-7-11-31(29)37-25-27-8-4-3-5-9-27;3-2(4,5)1(6)7/h3-15,26H,16-25H2,1-2H3;(H,6,7). The summed E-state index contributed by atoms with van der Waals surface area (Å²) in [6.07, 6.45) is -0.369. The van der Waals surface area contributed by atoms with Crippen LogP contribution in [0.25, 0.3) is 0 Å². The number of hydrogen-bond acceptors (Lipinski definition) is 5. The van der Waals surface area contributed by atoms with Gasteiger partial charge in [0.25, 0.3) is 5.91 Å². The molecule has 2 saturated heterocycles. The zero-order valence-electron chi connectivity index (χ0n) is 25.8. The van der Waals surface area contributed by atoms with Crippen LogP contribution in [0.3, 0.4) is 0 Å². The van der Waals surface area contributed by atoms with Gasteiger partial charge in [-0.25, -0.2) is 4.79 Å². The molecule has 2 heterocycles. The van der Waals surface area contributed by atoms with Crippen molar-refractivity contribution < 1.29 is 37.3 Å². The summed E-state index contributed by atoms with van der Waals surface area (Å²) in [5, 5.41) is 7.12. The number of benzene rings is 3. The first-order chi connectivity index (χ1) is 21.4. The molecule has 2 aliphatic rings. The van der Waals surface area contributed by atoms with Gasteiger partial charge in [0, 0.05) is 30.8 Å². The van der Waals surface area contributed by atoms with E-state index in [0.29, 0.717) is 12.0 Å². The van der Waals surface area contributed by atoms with Gasteiger partial charge in [-0.2, -0.15) is 13.2 Å². The highest BCUT2D eigenvalue weighted by molar-refractivity contribution is 5.94. The van der Waals surface area contributed by atoms with Crippen LogP contribution in [0.4, 0.5) is 13.2 Å². The minimum absolute atomic E-state index is 0.129. The summed E-state index contributed by atoms with van der Waals surface area (Å²) in [6, 6.07) is 26.4. The van der Waals surface area contributed by atoms with E-state index in [1.165, 1.54) is 24.0 Å². The van der Waals surface area contributed by atoms with E-state index in [1.54, 1.807) is 0 Å². The highest BCUT2D eigenvalue weighted by Gasteiger charge is 2.39. The number of likely N-dealkylation sites (tertiary alicyclic amines) is 2. The van der Waals surface area contributed by atoms with Crippen molar-refractivity contribution in [3.8, 4) is 11.5 Å². The summed E-state index contributed by atoms with van der Waals surface area (Å²) in [5.41, 5.74) is 3.56. The normalized spacial score (nSPS) is 16.5. The summed E-state index contributed by atoms with van der Waals surface area (Å²) in [6.45, 7) is 9.41. The molecule has 2 fully saturated rings. The summed E-state index contributed by atoms with van der Waals surface area (Å²) < 4.78 is 43.7. The first-order valence-corrected chi connectivity index (χ1v) is 15.3. The van der Waals surface area contributed by atoms with E-state index < -0.39 is 12.1 Å². The van der Waals surface area contributed by atoms with Gasteiger partial charge in [-0.05, 0) is 93.9 Å². The van der Waals surface area contributed by atoms with Gasteiger partial charge in [-0.1, -0.05) is 48.5 Å². The van der Waals surface area contributed by atoms with Crippen LogP contribution in [-0.4, -0.2) is 65.2 Å². The minimum Gasteiger partial charge on any atom is -0.491 e. The predicted octanol–water partition coefficient (Wildman–Crippen LogP) is 7.20. The molecule has 2 aliphatic heterocycles. The topological polar surface area (TPSA) is 79.3 Å². The number of nitrogens with zero attached hydrogens (tertiary/aromatic N) is 2. The molecule has 0 saturated carbocycles. The molecule has 3 aromatic rings. The Morgan fingerprint density at radius 2 is 1.40 bits per heavy atom. The van der Waals surface area contributed by atoms with Gasteiger partial charge in [-0.15, -0.1) is 0 Å². The van der Waals surface area contributed by atoms with Crippen LogP contribution in [0.2, 0.25) is 0 Å². The van der Waals surface area contributed by atoms with Crippen molar-refractivity contribution in [1.29, 1.82) is 0 Å². The number of ether oxygens (including phenoxy) is 2. The smallest absolute Gasteiger partial charge is 0.490 e. The van der Waals surface area contributed by atoms with Crippen LogP contribution < -0.4 is 9.47 Å². The van der Waals surface area contributed by atoms with Gasteiger partial charge in [0.15, 0.2) is 0 Å². The quantitative estimate of drug-likeness (QED) is 0.285. The Balaban J connectivity index is 0.000000591. The number of aliphatic carboxylic acids is 1. The van der Waals surface area contributed by atoms with Crippen molar-refractivity contribution in [1.82, 2.24) is 9.80 Å². The molecule has 242 valence electrons. The van der Waals surface area contributed by atoms with Crippen molar-refractivity contribution in [2.75, 3.05) is 26.2 Å². The second-order valence-corrected chi connectivity index (χ2v) is 11.9. The third kappa shape index (κ3) is 9.97. The van der Waals surface area contributed by atoms with Crippen molar-refractivity contribution >= 4 is 11.9 Å². The zero-order chi connectivity index (χ0) is 32.5. The molecule has 1 spiro atoms. The largest absolute Gasteiger partial charge is 0.491 e. The number of para-hydroxylation sites is 1. The average molecular weight is 627 g/mol. The Labute approximate surface area is 262 Å². The fourth-order valence-corrected chi connectivity index (χ4v) is 5.75. The number of carbonyl (C=O) groups excluding carboxylic acids is 1. The van der Waals surface area contributed by atoms with E-state index in [4.69, 9.17) is 19.4 Å². The highest BCUT2D eigenvalue weighted by Crippen LogP contribution is 2.42. The van der Waals surface area contributed by atoms with Crippen LogP contribution >= 0.6 is 0 Å². The van der Waals surface area contributed by atoms with Gasteiger partial charge in [-0.3, -0.25) is 9.69 Å². The van der Waals surface area contributed by atoms with E-state index in [9.17, 15) is 18.0 Å². The second kappa shape index (κ2) is 15.3. The Bertz CT molecular complexity index is 1380. The monoisotopic (exact) mass is 626 g/mol. The van der Waals surface area contributed by atoms with Gasteiger partial charge in [0.2, 0.25) is 0 Å². The Morgan fingerprint density at radius 1 is 0.844 bits per heavy atom. The number of carbonyl (C=O) groups is 2. The molecule has 0 radical (unpaired) electrons. The van der Waals surface area contributed by atoms with E-state index >= 15 is 0 Å². The Hall–Kier alpha value is -4.05.